The molecule has 0 aromatic heterocycles. The number of benzene rings is 2. The van der Waals surface area contributed by atoms with Crippen molar-refractivity contribution in [3.05, 3.63) is 58.6 Å². The zero-order valence-corrected chi connectivity index (χ0v) is 19.8. The second-order valence-electron chi connectivity index (χ2n) is 8.83. The lowest BCUT2D eigenvalue weighted by molar-refractivity contribution is -0.131. The number of guanidine groups is 1. The summed E-state index contributed by atoms with van der Waals surface area (Å²) >= 11 is 6.65. The van der Waals surface area contributed by atoms with Gasteiger partial charge in [-0.05, 0) is 44.4 Å². The van der Waals surface area contributed by atoms with E-state index in [0.717, 1.165) is 12.1 Å². The molecule has 2 aliphatic heterocycles. The van der Waals surface area contributed by atoms with Gasteiger partial charge >= 0.3 is 0 Å². The third-order valence-corrected chi connectivity index (χ3v) is 9.12. The third kappa shape index (κ3) is 4.24. The molecular weight excluding hydrogens is 472 g/mol. The Morgan fingerprint density at radius 1 is 1.21 bits per heavy atom. The maximum absolute atomic E-state index is 14.4. The number of aliphatic imine (C=N–C) groups is 1. The van der Waals surface area contributed by atoms with Crippen LogP contribution in [0.4, 0.5) is 8.78 Å². The smallest absolute Gasteiger partial charge is 0.232 e. The van der Waals surface area contributed by atoms with E-state index < -0.39 is 32.3 Å². The molecule has 0 bridgehead atoms. The van der Waals surface area contributed by atoms with Crippen LogP contribution in [0.3, 0.4) is 0 Å². The van der Waals surface area contributed by atoms with Gasteiger partial charge in [0.25, 0.3) is 0 Å². The van der Waals surface area contributed by atoms with Crippen LogP contribution in [-0.2, 0) is 20.2 Å². The molecule has 4 rings (SSSR count). The number of amides is 1. The van der Waals surface area contributed by atoms with Crippen LogP contribution >= 0.6 is 11.6 Å². The van der Waals surface area contributed by atoms with Crippen molar-refractivity contribution in [2.75, 3.05) is 5.75 Å². The first-order valence-corrected chi connectivity index (χ1v) is 12.7. The van der Waals surface area contributed by atoms with Crippen molar-refractivity contribution in [1.82, 2.24) is 4.90 Å². The molecule has 10 heteroatoms. The fourth-order valence-electron chi connectivity index (χ4n) is 4.65. The second kappa shape index (κ2) is 8.36. The van der Waals surface area contributed by atoms with Crippen molar-refractivity contribution in [3.63, 3.8) is 0 Å². The Bertz CT molecular complexity index is 1270. The molecule has 33 heavy (non-hydrogen) atoms. The van der Waals surface area contributed by atoms with Crippen molar-refractivity contribution < 1.29 is 22.0 Å². The normalized spacial score (nSPS) is 27.4. The van der Waals surface area contributed by atoms with E-state index in [0.29, 0.717) is 24.0 Å². The van der Waals surface area contributed by atoms with Crippen molar-refractivity contribution in [2.24, 2.45) is 10.7 Å². The van der Waals surface area contributed by atoms with E-state index in [-0.39, 0.29) is 40.7 Å². The highest BCUT2D eigenvalue weighted by Gasteiger charge is 2.44. The van der Waals surface area contributed by atoms with Crippen LogP contribution in [0, 0.1) is 11.6 Å². The number of carbonyl (C=O) groups is 1. The molecule has 2 N–H and O–H groups in total. The van der Waals surface area contributed by atoms with Gasteiger partial charge in [-0.15, -0.1) is 0 Å². The third-order valence-electron chi connectivity index (χ3n) is 6.49. The van der Waals surface area contributed by atoms with Gasteiger partial charge in [0.1, 0.15) is 11.6 Å². The zero-order chi connectivity index (χ0) is 24.1. The van der Waals surface area contributed by atoms with E-state index >= 15 is 0 Å². The molecule has 2 aromatic carbocycles. The Morgan fingerprint density at radius 2 is 1.94 bits per heavy atom. The largest absolute Gasteiger partial charge is 0.369 e. The number of rotatable bonds is 3. The Balaban J connectivity index is 1.70. The minimum absolute atomic E-state index is 0.000296. The molecule has 0 saturated carbocycles. The molecule has 6 nitrogen and oxygen atoms in total. The molecule has 0 radical (unpaired) electrons. The number of carbonyl (C=O) groups excluding carboxylic acids is 1. The average molecular weight is 496 g/mol. The summed E-state index contributed by atoms with van der Waals surface area (Å²) in [7, 11) is -3.17. The van der Waals surface area contributed by atoms with E-state index in [1.54, 1.807) is 32.0 Å². The van der Waals surface area contributed by atoms with Crippen LogP contribution < -0.4 is 5.73 Å². The summed E-state index contributed by atoms with van der Waals surface area (Å²) in [5.74, 6) is -1.75. The van der Waals surface area contributed by atoms with Crippen LogP contribution in [0.5, 0.6) is 0 Å². The molecule has 2 aliphatic rings. The van der Waals surface area contributed by atoms with Gasteiger partial charge in [-0.1, -0.05) is 29.8 Å². The Kier molecular flexibility index (Phi) is 5.99. The molecule has 0 unspecified atom stereocenters. The minimum Gasteiger partial charge on any atom is -0.369 e. The van der Waals surface area contributed by atoms with Crippen LogP contribution in [0.15, 0.2) is 41.4 Å². The van der Waals surface area contributed by atoms with E-state index in [9.17, 15) is 22.0 Å². The Hall–Kier alpha value is -2.52. The Morgan fingerprint density at radius 3 is 2.58 bits per heavy atom. The van der Waals surface area contributed by atoms with E-state index in [1.165, 1.54) is 11.0 Å². The number of nitrogens with zero attached hydrogens (tertiary/aromatic N) is 2. The van der Waals surface area contributed by atoms with Crippen LogP contribution in [-0.4, -0.2) is 42.2 Å². The van der Waals surface area contributed by atoms with Gasteiger partial charge < -0.3 is 5.73 Å². The molecular formula is C23H24ClF2N3O3S. The summed E-state index contributed by atoms with van der Waals surface area (Å²) in [6.07, 6.45) is 0.549. The number of nitrogens with two attached hydrogens (primary N) is 1. The van der Waals surface area contributed by atoms with Gasteiger partial charge in [-0.2, -0.15) is 0 Å². The maximum Gasteiger partial charge on any atom is 0.232 e. The molecule has 1 saturated heterocycles. The minimum atomic E-state index is -3.17. The molecule has 2 heterocycles. The molecule has 0 aliphatic carbocycles. The predicted octanol–water partition coefficient (Wildman–Crippen LogP) is 4.01. The summed E-state index contributed by atoms with van der Waals surface area (Å²) in [5, 5.41) is -0.373. The van der Waals surface area contributed by atoms with Crippen LogP contribution in [0.25, 0.3) is 11.1 Å². The second-order valence-corrected chi connectivity index (χ2v) is 11.7. The number of halogens is 3. The average Bonchev–Trinajstić information content (AvgIpc) is 2.71. The van der Waals surface area contributed by atoms with E-state index in [2.05, 4.69) is 4.99 Å². The van der Waals surface area contributed by atoms with E-state index in [4.69, 9.17) is 17.3 Å². The topological polar surface area (TPSA) is 92.8 Å². The molecule has 1 amide bonds. The highest BCUT2D eigenvalue weighted by atomic mass is 35.5. The number of hydrogen-bond acceptors (Lipinski definition) is 5. The Labute approximate surface area is 196 Å². The fraction of sp³-hybridized carbons (Fsp3) is 0.391. The number of sulfone groups is 1. The van der Waals surface area contributed by atoms with Gasteiger partial charge in [0.15, 0.2) is 15.8 Å². The maximum atomic E-state index is 14.4. The first-order valence-electron chi connectivity index (χ1n) is 10.6. The lowest BCUT2D eigenvalue weighted by Crippen LogP contribution is -2.56. The fourth-order valence-corrected chi connectivity index (χ4v) is 6.60. The quantitative estimate of drug-likeness (QED) is 0.696. The molecule has 3 atom stereocenters. The van der Waals surface area contributed by atoms with Crippen molar-refractivity contribution in [3.8, 4) is 11.1 Å². The predicted molar refractivity (Wildman–Crippen MR) is 124 cm³/mol. The standard InChI is InChI=1S/C23H24ClF2N3O3S/c1-13-10-15(8-9-33(13,31)32)29-20(30)12-23(2,28-22(29)27)18-5-3-4-17(21(18)24)16-7-6-14(25)11-19(16)26/h3-7,11,13,15H,8-10,12H2,1-2H3,(H2,27,28)/t13-,15-,23+/m1/s1. The molecule has 1 fully saturated rings. The van der Waals surface area contributed by atoms with Crippen LogP contribution in [0.1, 0.15) is 38.7 Å². The van der Waals surface area contributed by atoms with Gasteiger partial charge in [-0.25, -0.2) is 22.2 Å². The summed E-state index contributed by atoms with van der Waals surface area (Å²) in [5.41, 5.74) is 6.09. The molecule has 2 aromatic rings. The first kappa shape index (κ1) is 23.6. The zero-order valence-electron chi connectivity index (χ0n) is 18.2. The monoisotopic (exact) mass is 495 g/mol. The number of hydrogen-bond donors (Lipinski definition) is 1. The lowest BCUT2D eigenvalue weighted by Gasteiger charge is -2.41. The molecule has 0 spiro atoms. The summed E-state index contributed by atoms with van der Waals surface area (Å²) in [6.45, 7) is 3.35. The van der Waals surface area contributed by atoms with E-state index in [1.807, 2.05) is 0 Å². The van der Waals surface area contributed by atoms with Crippen molar-refractivity contribution >= 4 is 33.3 Å². The summed E-state index contributed by atoms with van der Waals surface area (Å²) < 4.78 is 51.9. The molecule has 176 valence electrons. The first-order chi connectivity index (χ1) is 15.4. The van der Waals surface area contributed by atoms with Gasteiger partial charge in [0.05, 0.1) is 28.0 Å². The lowest BCUT2D eigenvalue weighted by atomic mass is 9.85. The van der Waals surface area contributed by atoms with Gasteiger partial charge in [0.2, 0.25) is 5.91 Å². The van der Waals surface area contributed by atoms with Crippen molar-refractivity contribution in [2.45, 2.75) is 49.9 Å². The van der Waals surface area contributed by atoms with Crippen LogP contribution in [0.2, 0.25) is 5.02 Å². The highest BCUT2D eigenvalue weighted by Crippen LogP contribution is 2.42. The highest BCUT2D eigenvalue weighted by molar-refractivity contribution is 7.92. The summed E-state index contributed by atoms with van der Waals surface area (Å²) in [6, 6.07) is 7.86. The van der Waals surface area contributed by atoms with Gasteiger partial charge in [-0.3, -0.25) is 9.69 Å². The summed E-state index contributed by atoms with van der Waals surface area (Å²) in [4.78, 5) is 19.2. The van der Waals surface area contributed by atoms with Crippen molar-refractivity contribution in [1.29, 1.82) is 0 Å². The SMILES string of the molecule is C[C@@H]1C[C@H](N2C(=O)C[C@@](C)(c3cccc(-c4ccc(F)cc4F)c3Cl)N=C2N)CCS1(=O)=O. The van der Waals surface area contributed by atoms with Gasteiger partial charge in [0, 0.05) is 23.2 Å².